The highest BCUT2D eigenvalue weighted by molar-refractivity contribution is 7.88. The summed E-state index contributed by atoms with van der Waals surface area (Å²) in [6, 6.07) is 17.0. The van der Waals surface area contributed by atoms with E-state index in [9.17, 15) is 27.0 Å². The normalized spacial score (nSPS) is 29.8. The smallest absolute Gasteiger partial charge is 0.211 e. The first kappa shape index (κ1) is 36.3. The quantitative estimate of drug-likeness (QED) is 0.307. The van der Waals surface area contributed by atoms with E-state index in [0.29, 0.717) is 26.2 Å². The molecule has 2 aromatic carbocycles. The summed E-state index contributed by atoms with van der Waals surface area (Å²) in [4.78, 5) is 8.68. The second-order valence-electron chi connectivity index (χ2n) is 16.8. The average Bonchev–Trinajstić information content (AvgIpc) is 4.00. The third-order valence-corrected chi connectivity index (χ3v) is 16.9. The number of aliphatic hydroxyl groups excluding tert-OH is 2. The van der Waals surface area contributed by atoms with Gasteiger partial charge in [-0.1, -0.05) is 48.5 Å². The molecule has 2 spiro atoms. The molecule has 288 valence electrons. The molecule has 0 bridgehead atoms. The SMILES string of the molecule is CS(=O)(=O)N1CCC2(CC[C@@H]([C@H]3c4ccccc4-c4cncn43)[C@@H]2O)CC1.CS(=O)(=O)N1CCC2(CC[C@H]([C@@H]3c4ccccc4-c4cncn43)[C@H]2O)CC1. The highest BCUT2D eigenvalue weighted by atomic mass is 32.2. The molecule has 2 aromatic heterocycles. The van der Waals surface area contributed by atoms with Crippen LogP contribution in [0.2, 0.25) is 0 Å². The van der Waals surface area contributed by atoms with Crippen LogP contribution in [0.5, 0.6) is 0 Å². The zero-order valence-electron chi connectivity index (χ0n) is 30.9. The van der Waals surface area contributed by atoms with Gasteiger partial charge in [-0.3, -0.25) is 0 Å². The van der Waals surface area contributed by atoms with E-state index in [4.69, 9.17) is 0 Å². The first-order chi connectivity index (χ1) is 25.8. The van der Waals surface area contributed by atoms with Gasteiger partial charge in [-0.2, -0.15) is 0 Å². The number of aliphatic hydroxyl groups is 2. The number of hydrogen-bond donors (Lipinski definition) is 2. The number of nitrogens with zero attached hydrogens (tertiary/aromatic N) is 6. The van der Waals surface area contributed by atoms with Gasteiger partial charge in [0.2, 0.25) is 20.0 Å². The molecular formula is C40H50N6O6S2. The fourth-order valence-corrected chi connectivity index (χ4v) is 13.0. The number of aromatic nitrogens is 4. The summed E-state index contributed by atoms with van der Waals surface area (Å²) in [5, 5.41) is 22.8. The number of piperidine rings is 2. The molecule has 6 heterocycles. The van der Waals surface area contributed by atoms with Crippen molar-refractivity contribution in [3.8, 4) is 22.5 Å². The van der Waals surface area contributed by atoms with E-state index in [1.54, 1.807) is 8.61 Å². The van der Waals surface area contributed by atoms with Crippen LogP contribution >= 0.6 is 0 Å². The van der Waals surface area contributed by atoms with Crippen LogP contribution in [0.3, 0.4) is 0 Å². The Bertz CT molecular complexity index is 2110. The molecule has 2 saturated heterocycles. The minimum atomic E-state index is -3.15. The van der Waals surface area contributed by atoms with Gasteiger partial charge in [-0.25, -0.2) is 35.4 Å². The Morgan fingerprint density at radius 2 is 0.963 bits per heavy atom. The van der Waals surface area contributed by atoms with Crippen molar-refractivity contribution in [1.29, 1.82) is 0 Å². The van der Waals surface area contributed by atoms with Crippen LogP contribution in [0.25, 0.3) is 22.5 Å². The molecule has 10 rings (SSSR count). The molecule has 0 unspecified atom stereocenters. The van der Waals surface area contributed by atoms with Crippen molar-refractivity contribution in [2.24, 2.45) is 22.7 Å². The van der Waals surface area contributed by atoms with Gasteiger partial charge in [0.05, 0.1) is 73.2 Å². The van der Waals surface area contributed by atoms with Gasteiger partial charge in [0.1, 0.15) is 0 Å². The summed E-state index contributed by atoms with van der Waals surface area (Å²) >= 11 is 0. The van der Waals surface area contributed by atoms with Crippen molar-refractivity contribution in [2.75, 3.05) is 38.7 Å². The van der Waals surface area contributed by atoms with Crippen LogP contribution in [-0.2, 0) is 20.0 Å². The predicted molar refractivity (Wildman–Crippen MR) is 205 cm³/mol. The average molecular weight is 775 g/mol. The molecule has 6 atom stereocenters. The van der Waals surface area contributed by atoms with Crippen LogP contribution in [-0.4, -0.2) is 106 Å². The van der Waals surface area contributed by atoms with Crippen molar-refractivity contribution < 1.29 is 27.0 Å². The Balaban J connectivity index is 0.000000142. The zero-order valence-corrected chi connectivity index (χ0v) is 32.5. The lowest BCUT2D eigenvalue weighted by Gasteiger charge is -2.42. The summed E-state index contributed by atoms with van der Waals surface area (Å²) in [6.07, 6.45) is 16.0. The molecule has 2 N–H and O–H groups in total. The van der Waals surface area contributed by atoms with Gasteiger partial charge in [0, 0.05) is 49.1 Å². The topological polar surface area (TPSA) is 151 Å². The minimum Gasteiger partial charge on any atom is -0.392 e. The second-order valence-corrected chi connectivity index (χ2v) is 20.7. The molecule has 54 heavy (non-hydrogen) atoms. The number of rotatable bonds is 4. The van der Waals surface area contributed by atoms with Crippen molar-refractivity contribution >= 4 is 20.0 Å². The van der Waals surface area contributed by atoms with E-state index in [1.165, 1.54) is 34.8 Å². The Morgan fingerprint density at radius 3 is 1.33 bits per heavy atom. The molecule has 14 heteroatoms. The molecule has 4 fully saturated rings. The van der Waals surface area contributed by atoms with Gasteiger partial charge in [0.15, 0.2) is 0 Å². The first-order valence-corrected chi connectivity index (χ1v) is 23.0. The molecule has 2 saturated carbocycles. The lowest BCUT2D eigenvalue weighted by molar-refractivity contribution is -0.0145. The lowest BCUT2D eigenvalue weighted by atomic mass is 9.73. The zero-order chi connectivity index (χ0) is 37.6. The minimum absolute atomic E-state index is 0.112. The summed E-state index contributed by atoms with van der Waals surface area (Å²) in [7, 11) is -6.30. The Labute approximate surface area is 318 Å². The van der Waals surface area contributed by atoms with Gasteiger partial charge in [0.25, 0.3) is 0 Å². The maximum atomic E-state index is 11.8. The van der Waals surface area contributed by atoms with Crippen LogP contribution < -0.4 is 0 Å². The van der Waals surface area contributed by atoms with Crippen molar-refractivity contribution in [3.05, 3.63) is 84.7 Å². The monoisotopic (exact) mass is 774 g/mol. The summed E-state index contributed by atoms with van der Waals surface area (Å²) < 4.78 is 54.9. The molecule has 0 amide bonds. The summed E-state index contributed by atoms with van der Waals surface area (Å²) in [5.74, 6) is 0.262. The van der Waals surface area contributed by atoms with Crippen molar-refractivity contribution in [2.45, 2.75) is 75.7 Å². The molecule has 0 radical (unpaired) electrons. The Morgan fingerprint density at radius 1 is 0.593 bits per heavy atom. The fraction of sp³-hybridized carbons (Fsp3) is 0.550. The van der Waals surface area contributed by atoms with Crippen molar-refractivity contribution in [1.82, 2.24) is 27.7 Å². The number of sulfonamides is 2. The number of benzene rings is 2. The Hall–Kier alpha value is -3.40. The van der Waals surface area contributed by atoms with Crippen LogP contribution in [0.4, 0.5) is 0 Å². The highest BCUT2D eigenvalue weighted by Gasteiger charge is 2.55. The van der Waals surface area contributed by atoms with E-state index >= 15 is 0 Å². The summed E-state index contributed by atoms with van der Waals surface area (Å²) in [5.41, 5.74) is 6.87. The summed E-state index contributed by atoms with van der Waals surface area (Å²) in [6.45, 7) is 2.06. The molecule has 4 aromatic rings. The third kappa shape index (κ3) is 5.73. The van der Waals surface area contributed by atoms with E-state index in [0.717, 1.165) is 62.8 Å². The van der Waals surface area contributed by atoms with E-state index in [1.807, 2.05) is 37.2 Å². The second kappa shape index (κ2) is 13.1. The highest BCUT2D eigenvalue weighted by Crippen LogP contribution is 2.57. The molecule has 6 aliphatic rings. The maximum absolute atomic E-state index is 11.8. The predicted octanol–water partition coefficient (Wildman–Crippen LogP) is 4.53. The van der Waals surface area contributed by atoms with E-state index in [2.05, 4.69) is 55.5 Å². The number of fused-ring (bicyclic) bond motifs is 6. The van der Waals surface area contributed by atoms with Crippen LogP contribution in [0, 0.1) is 22.7 Å². The van der Waals surface area contributed by atoms with E-state index in [-0.39, 0.29) is 34.7 Å². The van der Waals surface area contributed by atoms with Crippen LogP contribution in [0.15, 0.2) is 73.6 Å². The third-order valence-electron chi connectivity index (χ3n) is 14.2. The molecule has 12 nitrogen and oxygen atoms in total. The standard InChI is InChI=1S/2C20H25N3O3S/c2*1-27(25,26)22-10-8-20(9-11-22)7-6-16(19(20)24)18-15-5-3-2-4-14(15)17-12-21-13-23(17)18/h2*2-5,12-13,16,18-19,24H,6-11H2,1H3/t2*16-,18+,19-/m10/s1. The van der Waals surface area contributed by atoms with E-state index < -0.39 is 32.3 Å². The van der Waals surface area contributed by atoms with Gasteiger partial charge < -0.3 is 19.3 Å². The molecule has 2 aliphatic carbocycles. The Kier molecular flexibility index (Phi) is 8.79. The molecular weight excluding hydrogens is 725 g/mol. The van der Waals surface area contributed by atoms with Gasteiger partial charge in [-0.15, -0.1) is 0 Å². The van der Waals surface area contributed by atoms with Gasteiger partial charge in [-0.05, 0) is 73.3 Å². The number of imidazole rings is 2. The van der Waals surface area contributed by atoms with Crippen LogP contribution in [0.1, 0.15) is 74.6 Å². The molecule has 4 aliphatic heterocycles. The van der Waals surface area contributed by atoms with Gasteiger partial charge >= 0.3 is 0 Å². The maximum Gasteiger partial charge on any atom is 0.211 e. The number of hydrogen-bond acceptors (Lipinski definition) is 8. The van der Waals surface area contributed by atoms with Crippen molar-refractivity contribution in [3.63, 3.8) is 0 Å². The largest absolute Gasteiger partial charge is 0.392 e. The lowest BCUT2D eigenvalue weighted by Crippen LogP contribution is -2.47. The first-order valence-electron chi connectivity index (χ1n) is 19.3. The fourth-order valence-electron chi connectivity index (χ4n) is 11.3.